The second-order valence-corrected chi connectivity index (χ2v) is 9.66. The molecule has 1 unspecified atom stereocenters. The Morgan fingerprint density at radius 3 is 2.48 bits per heavy atom. The molecule has 0 aliphatic heterocycles. The largest absolute Gasteiger partial charge is 0.352 e. The Balaban J connectivity index is 1.65. The van der Waals surface area contributed by atoms with Gasteiger partial charge in [-0.1, -0.05) is 60.8 Å². The van der Waals surface area contributed by atoms with Crippen LogP contribution in [0, 0.1) is 6.92 Å². The van der Waals surface area contributed by atoms with E-state index in [4.69, 9.17) is 11.6 Å². The molecule has 2 amide bonds. The molecule has 31 heavy (non-hydrogen) atoms. The standard InChI is InChI=1S/C25H31ClN2O2S/c1-18-7-3-4-8-21(18)16-31-17-24(29)28(15-20-11-13-22(26)14-12-20)19(2)25(30)27-23-9-5-6-10-23/h3-4,7-8,11-14,19,23H,5-6,9-10,15-17H2,1-2H3,(H,27,30). The maximum atomic E-state index is 13.2. The molecule has 1 N–H and O–H groups in total. The number of amides is 2. The van der Waals surface area contributed by atoms with Crippen LogP contribution in [0.1, 0.15) is 49.3 Å². The van der Waals surface area contributed by atoms with E-state index in [1.165, 1.54) is 11.1 Å². The van der Waals surface area contributed by atoms with Crippen molar-refractivity contribution in [1.29, 1.82) is 0 Å². The zero-order chi connectivity index (χ0) is 22.2. The van der Waals surface area contributed by atoms with Gasteiger partial charge in [0.1, 0.15) is 6.04 Å². The summed E-state index contributed by atoms with van der Waals surface area (Å²) in [6, 6.07) is 15.4. The van der Waals surface area contributed by atoms with Crippen molar-refractivity contribution in [3.05, 3.63) is 70.2 Å². The van der Waals surface area contributed by atoms with Crippen molar-refractivity contribution in [3.63, 3.8) is 0 Å². The Morgan fingerprint density at radius 2 is 1.81 bits per heavy atom. The Bertz CT molecular complexity index is 881. The van der Waals surface area contributed by atoms with Crippen LogP contribution in [-0.2, 0) is 21.9 Å². The van der Waals surface area contributed by atoms with Crippen LogP contribution in [0.3, 0.4) is 0 Å². The summed E-state index contributed by atoms with van der Waals surface area (Å²) in [5.74, 6) is 1.01. The van der Waals surface area contributed by atoms with E-state index in [-0.39, 0.29) is 17.9 Å². The first-order chi connectivity index (χ1) is 14.9. The van der Waals surface area contributed by atoms with Gasteiger partial charge in [-0.25, -0.2) is 0 Å². The number of aryl methyl sites for hydroxylation is 1. The van der Waals surface area contributed by atoms with E-state index in [1.807, 2.05) is 43.3 Å². The molecular weight excluding hydrogens is 428 g/mol. The predicted octanol–water partition coefficient (Wildman–Crippen LogP) is 5.36. The average molecular weight is 459 g/mol. The van der Waals surface area contributed by atoms with Gasteiger partial charge in [-0.3, -0.25) is 9.59 Å². The van der Waals surface area contributed by atoms with Gasteiger partial charge in [-0.05, 0) is 55.5 Å². The summed E-state index contributed by atoms with van der Waals surface area (Å²) in [5.41, 5.74) is 3.42. The Kier molecular flexibility index (Phi) is 8.85. The van der Waals surface area contributed by atoms with Gasteiger partial charge in [0.2, 0.25) is 11.8 Å². The van der Waals surface area contributed by atoms with Gasteiger partial charge >= 0.3 is 0 Å². The monoisotopic (exact) mass is 458 g/mol. The molecule has 0 radical (unpaired) electrons. The fourth-order valence-corrected chi connectivity index (χ4v) is 4.98. The summed E-state index contributed by atoms with van der Waals surface area (Å²) in [6.45, 7) is 4.30. The van der Waals surface area contributed by atoms with Gasteiger partial charge in [-0.15, -0.1) is 11.8 Å². The van der Waals surface area contributed by atoms with Crippen molar-refractivity contribution >= 4 is 35.2 Å². The molecule has 1 atom stereocenters. The highest BCUT2D eigenvalue weighted by molar-refractivity contribution is 7.99. The van der Waals surface area contributed by atoms with Crippen LogP contribution in [0.5, 0.6) is 0 Å². The molecular formula is C25H31ClN2O2S. The van der Waals surface area contributed by atoms with Crippen molar-refractivity contribution in [2.75, 3.05) is 5.75 Å². The van der Waals surface area contributed by atoms with E-state index >= 15 is 0 Å². The fourth-order valence-electron chi connectivity index (χ4n) is 3.86. The molecule has 0 saturated heterocycles. The predicted molar refractivity (Wildman–Crippen MR) is 129 cm³/mol. The van der Waals surface area contributed by atoms with E-state index in [2.05, 4.69) is 24.4 Å². The van der Waals surface area contributed by atoms with Gasteiger partial charge in [0.15, 0.2) is 0 Å². The molecule has 0 aromatic heterocycles. The molecule has 1 aliphatic rings. The third kappa shape index (κ3) is 7.01. The summed E-state index contributed by atoms with van der Waals surface area (Å²) >= 11 is 7.60. The molecule has 1 saturated carbocycles. The molecule has 0 bridgehead atoms. The van der Waals surface area contributed by atoms with Crippen molar-refractivity contribution in [2.45, 2.75) is 63.9 Å². The summed E-state index contributed by atoms with van der Waals surface area (Å²) in [5, 5.41) is 3.79. The maximum absolute atomic E-state index is 13.2. The van der Waals surface area contributed by atoms with Crippen molar-refractivity contribution < 1.29 is 9.59 Å². The van der Waals surface area contributed by atoms with Crippen molar-refractivity contribution in [1.82, 2.24) is 10.2 Å². The first-order valence-electron chi connectivity index (χ1n) is 10.9. The van der Waals surface area contributed by atoms with Crippen LogP contribution < -0.4 is 5.32 Å². The minimum atomic E-state index is -0.525. The molecule has 0 spiro atoms. The highest BCUT2D eigenvalue weighted by Gasteiger charge is 2.28. The molecule has 2 aromatic rings. The van der Waals surface area contributed by atoms with Crippen LogP contribution in [-0.4, -0.2) is 34.6 Å². The van der Waals surface area contributed by atoms with Crippen LogP contribution in [0.15, 0.2) is 48.5 Å². The second kappa shape index (κ2) is 11.6. The lowest BCUT2D eigenvalue weighted by Crippen LogP contribution is -2.50. The highest BCUT2D eigenvalue weighted by atomic mass is 35.5. The Labute approximate surface area is 194 Å². The number of carbonyl (C=O) groups is 2. The molecule has 6 heteroatoms. The number of carbonyl (C=O) groups excluding carboxylic acids is 2. The zero-order valence-corrected chi connectivity index (χ0v) is 19.8. The normalized spacial score (nSPS) is 14.9. The number of hydrogen-bond donors (Lipinski definition) is 1. The molecule has 0 heterocycles. The molecule has 2 aromatic carbocycles. The van der Waals surface area contributed by atoms with Gasteiger partial charge in [0, 0.05) is 23.4 Å². The minimum absolute atomic E-state index is 0.0254. The van der Waals surface area contributed by atoms with Crippen LogP contribution in [0.2, 0.25) is 5.02 Å². The maximum Gasteiger partial charge on any atom is 0.242 e. The first kappa shape index (κ1) is 23.7. The van der Waals surface area contributed by atoms with Crippen molar-refractivity contribution in [3.8, 4) is 0 Å². The number of rotatable bonds is 9. The van der Waals surface area contributed by atoms with E-state index in [0.717, 1.165) is 37.0 Å². The van der Waals surface area contributed by atoms with E-state index in [1.54, 1.807) is 16.7 Å². The Morgan fingerprint density at radius 1 is 1.13 bits per heavy atom. The third-order valence-corrected chi connectivity index (χ3v) is 7.10. The smallest absolute Gasteiger partial charge is 0.242 e. The van der Waals surface area contributed by atoms with Crippen LogP contribution in [0.25, 0.3) is 0 Å². The first-order valence-corrected chi connectivity index (χ1v) is 12.4. The second-order valence-electron chi connectivity index (χ2n) is 8.23. The minimum Gasteiger partial charge on any atom is -0.352 e. The van der Waals surface area contributed by atoms with Crippen molar-refractivity contribution in [2.24, 2.45) is 0 Å². The number of halogens is 1. The molecule has 3 rings (SSSR count). The molecule has 1 fully saturated rings. The number of nitrogens with one attached hydrogen (secondary N) is 1. The number of thioether (sulfide) groups is 1. The summed E-state index contributed by atoms with van der Waals surface area (Å²) < 4.78 is 0. The number of nitrogens with zero attached hydrogens (tertiary/aromatic N) is 1. The quantitative estimate of drug-likeness (QED) is 0.550. The highest BCUT2D eigenvalue weighted by Crippen LogP contribution is 2.20. The van der Waals surface area contributed by atoms with E-state index in [0.29, 0.717) is 17.3 Å². The van der Waals surface area contributed by atoms with Gasteiger partial charge in [0.25, 0.3) is 0 Å². The van der Waals surface area contributed by atoms with Gasteiger partial charge < -0.3 is 10.2 Å². The summed E-state index contributed by atoms with van der Waals surface area (Å²) in [7, 11) is 0. The number of benzene rings is 2. The number of hydrogen-bond acceptors (Lipinski definition) is 3. The lowest BCUT2D eigenvalue weighted by molar-refractivity contribution is -0.138. The fraction of sp³-hybridized carbons (Fsp3) is 0.440. The Hall–Kier alpha value is -1.98. The molecule has 4 nitrogen and oxygen atoms in total. The zero-order valence-electron chi connectivity index (χ0n) is 18.3. The van der Waals surface area contributed by atoms with E-state index in [9.17, 15) is 9.59 Å². The SMILES string of the molecule is Cc1ccccc1CSCC(=O)N(Cc1ccc(Cl)cc1)C(C)C(=O)NC1CCCC1. The summed E-state index contributed by atoms with van der Waals surface area (Å²) in [6.07, 6.45) is 4.36. The van der Waals surface area contributed by atoms with E-state index < -0.39 is 6.04 Å². The molecule has 166 valence electrons. The van der Waals surface area contributed by atoms with Crippen LogP contribution in [0.4, 0.5) is 0 Å². The van der Waals surface area contributed by atoms with Gasteiger partial charge in [0.05, 0.1) is 5.75 Å². The van der Waals surface area contributed by atoms with Crippen LogP contribution >= 0.6 is 23.4 Å². The topological polar surface area (TPSA) is 49.4 Å². The average Bonchev–Trinajstić information content (AvgIpc) is 3.27. The lowest BCUT2D eigenvalue weighted by Gasteiger charge is -2.29. The third-order valence-electron chi connectivity index (χ3n) is 5.88. The van der Waals surface area contributed by atoms with Gasteiger partial charge in [-0.2, -0.15) is 0 Å². The molecule has 1 aliphatic carbocycles. The lowest BCUT2D eigenvalue weighted by atomic mass is 10.1. The summed E-state index contributed by atoms with van der Waals surface area (Å²) in [4.78, 5) is 27.8.